The second-order valence-corrected chi connectivity index (χ2v) is 7.89. The van der Waals surface area contributed by atoms with E-state index in [0.717, 1.165) is 4.88 Å². The van der Waals surface area contributed by atoms with Crippen molar-refractivity contribution < 1.29 is 19.1 Å². The van der Waals surface area contributed by atoms with Gasteiger partial charge in [-0.15, -0.1) is 11.3 Å². The van der Waals surface area contributed by atoms with Crippen LogP contribution in [-0.2, 0) is 19.1 Å². The lowest BCUT2D eigenvalue weighted by Crippen LogP contribution is -2.54. The third-order valence-corrected chi connectivity index (χ3v) is 6.31. The maximum Gasteiger partial charge on any atom is 0.326 e. The number of thiophene rings is 1. The molecule has 0 radical (unpaired) electrons. The number of esters is 1. The van der Waals surface area contributed by atoms with Gasteiger partial charge in [-0.05, 0) is 37.4 Å². The van der Waals surface area contributed by atoms with Crippen molar-refractivity contribution in [2.45, 2.75) is 25.4 Å². The van der Waals surface area contributed by atoms with Gasteiger partial charge in [0.15, 0.2) is 0 Å². The summed E-state index contributed by atoms with van der Waals surface area (Å²) in [6, 6.07) is 12.3. The third-order valence-electron chi connectivity index (χ3n) is 5.35. The van der Waals surface area contributed by atoms with Gasteiger partial charge >= 0.3 is 5.97 Å². The highest BCUT2D eigenvalue weighted by Gasteiger charge is 2.67. The first-order valence-corrected chi connectivity index (χ1v) is 9.78. The minimum absolute atomic E-state index is 0.210. The average molecular weight is 384 g/mol. The molecule has 4 atom stereocenters. The molecule has 2 aromatic rings. The van der Waals surface area contributed by atoms with Gasteiger partial charge in [-0.2, -0.15) is 0 Å². The number of benzene rings is 1. The number of carbonyl (C=O) groups excluding carboxylic acids is 3. The van der Waals surface area contributed by atoms with Crippen LogP contribution in [0.3, 0.4) is 0 Å². The fourth-order valence-corrected chi connectivity index (χ4v) is 4.97. The maximum absolute atomic E-state index is 13.3. The van der Waals surface area contributed by atoms with Crippen molar-refractivity contribution in [2.75, 3.05) is 11.5 Å². The Morgan fingerprint density at radius 2 is 1.93 bits per heavy atom. The van der Waals surface area contributed by atoms with Crippen LogP contribution in [0, 0.1) is 11.8 Å². The van der Waals surface area contributed by atoms with Crippen LogP contribution in [0.25, 0.3) is 0 Å². The van der Waals surface area contributed by atoms with Gasteiger partial charge in [0.1, 0.15) is 5.54 Å². The Balaban J connectivity index is 1.81. The molecule has 4 rings (SSSR count). The molecule has 1 aromatic carbocycles. The van der Waals surface area contributed by atoms with Gasteiger partial charge in [0.25, 0.3) is 0 Å². The Bertz CT molecular complexity index is 883. The molecule has 7 heteroatoms. The van der Waals surface area contributed by atoms with E-state index in [-0.39, 0.29) is 18.4 Å². The number of fused-ring (bicyclic) bond motifs is 1. The van der Waals surface area contributed by atoms with Crippen LogP contribution >= 0.6 is 11.3 Å². The molecule has 1 N–H and O–H groups in total. The number of amides is 2. The normalized spacial score (nSPS) is 29.9. The van der Waals surface area contributed by atoms with E-state index in [4.69, 9.17) is 4.74 Å². The van der Waals surface area contributed by atoms with E-state index in [2.05, 4.69) is 5.32 Å². The van der Waals surface area contributed by atoms with E-state index in [1.54, 1.807) is 38.1 Å². The van der Waals surface area contributed by atoms with Gasteiger partial charge in [-0.25, -0.2) is 4.90 Å². The second kappa shape index (κ2) is 6.58. The van der Waals surface area contributed by atoms with Crippen LogP contribution in [0.1, 0.15) is 24.8 Å². The number of anilines is 1. The molecule has 2 saturated heterocycles. The van der Waals surface area contributed by atoms with E-state index in [1.165, 1.54) is 16.2 Å². The molecule has 140 valence electrons. The molecular weight excluding hydrogens is 364 g/mol. The van der Waals surface area contributed by atoms with E-state index >= 15 is 0 Å². The van der Waals surface area contributed by atoms with Crippen LogP contribution in [0.5, 0.6) is 0 Å². The standard InChI is InChI=1S/C20H20N2O4S/c1-3-26-19(25)20(2)15-14(16(21-20)13-10-7-11-27-13)17(23)22(18(15)24)12-8-5-4-6-9-12/h4-11,14-16,21H,3H2,1-2H3/t14-,15+,16-,20+/m0/s1. The first-order valence-electron chi connectivity index (χ1n) is 8.90. The van der Waals surface area contributed by atoms with E-state index < -0.39 is 29.4 Å². The van der Waals surface area contributed by atoms with Gasteiger partial charge in [-0.1, -0.05) is 24.3 Å². The molecule has 0 saturated carbocycles. The minimum atomic E-state index is -1.26. The van der Waals surface area contributed by atoms with Crippen molar-refractivity contribution in [1.29, 1.82) is 0 Å². The van der Waals surface area contributed by atoms with Gasteiger partial charge in [-0.3, -0.25) is 19.7 Å². The van der Waals surface area contributed by atoms with Gasteiger partial charge in [0.2, 0.25) is 11.8 Å². The fraction of sp³-hybridized carbons (Fsp3) is 0.350. The molecule has 2 aliphatic heterocycles. The summed E-state index contributed by atoms with van der Waals surface area (Å²) in [7, 11) is 0. The van der Waals surface area contributed by atoms with Crippen molar-refractivity contribution in [3.8, 4) is 0 Å². The lowest BCUT2D eigenvalue weighted by molar-refractivity contribution is -0.153. The van der Waals surface area contributed by atoms with E-state index in [9.17, 15) is 14.4 Å². The molecule has 0 spiro atoms. The summed E-state index contributed by atoms with van der Waals surface area (Å²) in [5.74, 6) is -2.61. The molecular formula is C20H20N2O4S. The van der Waals surface area contributed by atoms with Crippen LogP contribution in [0.4, 0.5) is 5.69 Å². The molecule has 2 aliphatic rings. The maximum atomic E-state index is 13.3. The summed E-state index contributed by atoms with van der Waals surface area (Å²) in [4.78, 5) is 41.5. The van der Waals surface area contributed by atoms with Gasteiger partial charge < -0.3 is 4.74 Å². The number of hydrogen-bond donors (Lipinski definition) is 1. The Labute approximate surface area is 161 Å². The van der Waals surface area contributed by atoms with Crippen molar-refractivity contribution in [3.05, 3.63) is 52.7 Å². The third kappa shape index (κ3) is 2.61. The monoisotopic (exact) mass is 384 g/mol. The molecule has 27 heavy (non-hydrogen) atoms. The number of nitrogens with one attached hydrogen (secondary N) is 1. The average Bonchev–Trinajstić information content (AvgIpc) is 3.34. The Kier molecular flexibility index (Phi) is 4.36. The number of para-hydroxylation sites is 1. The smallest absolute Gasteiger partial charge is 0.326 e. The lowest BCUT2D eigenvalue weighted by Gasteiger charge is -2.28. The van der Waals surface area contributed by atoms with E-state index in [0.29, 0.717) is 5.69 Å². The summed E-state index contributed by atoms with van der Waals surface area (Å²) in [5, 5.41) is 5.18. The lowest BCUT2D eigenvalue weighted by atomic mass is 9.81. The topological polar surface area (TPSA) is 75.7 Å². The summed E-state index contributed by atoms with van der Waals surface area (Å²) >= 11 is 1.50. The van der Waals surface area contributed by atoms with Crippen molar-refractivity contribution in [2.24, 2.45) is 11.8 Å². The zero-order valence-electron chi connectivity index (χ0n) is 15.0. The quantitative estimate of drug-likeness (QED) is 0.648. The second-order valence-electron chi connectivity index (χ2n) is 6.91. The zero-order valence-corrected chi connectivity index (χ0v) is 15.9. The molecule has 0 bridgehead atoms. The summed E-state index contributed by atoms with van der Waals surface area (Å²) < 4.78 is 5.25. The number of rotatable bonds is 4. The van der Waals surface area contributed by atoms with Crippen LogP contribution in [0.2, 0.25) is 0 Å². The van der Waals surface area contributed by atoms with Crippen molar-refractivity contribution >= 4 is 34.8 Å². The molecule has 0 aliphatic carbocycles. The Morgan fingerprint density at radius 1 is 1.19 bits per heavy atom. The zero-order chi connectivity index (χ0) is 19.2. The Hall–Kier alpha value is -2.51. The Morgan fingerprint density at radius 3 is 2.56 bits per heavy atom. The SMILES string of the molecule is CCOC(=O)[C@]1(C)N[C@@H](c2cccs2)[C@H]2C(=O)N(c3ccccc3)C(=O)[C@@H]21. The van der Waals surface area contributed by atoms with Crippen LogP contribution in [0.15, 0.2) is 47.8 Å². The summed E-state index contributed by atoms with van der Waals surface area (Å²) in [6.07, 6.45) is 0. The molecule has 2 fully saturated rings. The molecule has 0 unspecified atom stereocenters. The number of nitrogens with zero attached hydrogens (tertiary/aromatic N) is 1. The van der Waals surface area contributed by atoms with Crippen LogP contribution in [-0.4, -0.2) is 29.9 Å². The summed E-state index contributed by atoms with van der Waals surface area (Å²) in [5.41, 5.74) is -0.732. The molecule has 6 nitrogen and oxygen atoms in total. The highest BCUT2D eigenvalue weighted by atomic mass is 32.1. The summed E-state index contributed by atoms with van der Waals surface area (Å²) in [6.45, 7) is 3.60. The minimum Gasteiger partial charge on any atom is -0.465 e. The largest absolute Gasteiger partial charge is 0.465 e. The van der Waals surface area contributed by atoms with Crippen molar-refractivity contribution in [3.63, 3.8) is 0 Å². The van der Waals surface area contributed by atoms with Gasteiger partial charge in [0, 0.05) is 4.88 Å². The number of carbonyl (C=O) groups is 3. The highest BCUT2D eigenvalue weighted by molar-refractivity contribution is 7.10. The molecule has 1 aromatic heterocycles. The highest BCUT2D eigenvalue weighted by Crippen LogP contribution is 2.50. The van der Waals surface area contributed by atoms with Gasteiger partial charge in [0.05, 0.1) is 30.2 Å². The predicted molar refractivity (Wildman–Crippen MR) is 101 cm³/mol. The van der Waals surface area contributed by atoms with Crippen LogP contribution < -0.4 is 10.2 Å². The predicted octanol–water partition coefficient (Wildman–Crippen LogP) is 2.52. The number of ether oxygens (including phenoxy) is 1. The van der Waals surface area contributed by atoms with Crippen molar-refractivity contribution in [1.82, 2.24) is 5.32 Å². The van der Waals surface area contributed by atoms with E-state index in [1.807, 2.05) is 23.6 Å². The fourth-order valence-electron chi connectivity index (χ4n) is 4.15. The number of imide groups is 1. The molecule has 2 amide bonds. The first-order chi connectivity index (χ1) is 13.0. The molecule has 3 heterocycles. The first kappa shape index (κ1) is 17.9. The number of hydrogen-bond acceptors (Lipinski definition) is 6.